The van der Waals surface area contributed by atoms with Crippen molar-refractivity contribution in [3.63, 3.8) is 0 Å². The molecule has 1 N–H and O–H groups in total. The summed E-state index contributed by atoms with van der Waals surface area (Å²) in [5, 5.41) is 11.7. The molecule has 0 saturated carbocycles. The number of urea groups is 1. The number of nitriles is 1. The normalized spacial score (nSPS) is 21.7. The molecular formula is C23H19FN4O2. The van der Waals surface area contributed by atoms with Crippen molar-refractivity contribution in [3.8, 4) is 6.07 Å². The maximum atomic E-state index is 13.6. The lowest BCUT2D eigenvalue weighted by Crippen LogP contribution is -2.48. The minimum Gasteiger partial charge on any atom is -0.333 e. The van der Waals surface area contributed by atoms with E-state index < -0.39 is 0 Å². The van der Waals surface area contributed by atoms with Crippen molar-refractivity contribution >= 4 is 23.2 Å². The van der Waals surface area contributed by atoms with Crippen molar-refractivity contribution in [2.24, 2.45) is 5.92 Å². The number of fused-ring (bicyclic) bond motifs is 3. The van der Waals surface area contributed by atoms with E-state index >= 15 is 0 Å². The van der Waals surface area contributed by atoms with Gasteiger partial charge in [-0.3, -0.25) is 4.79 Å². The van der Waals surface area contributed by atoms with E-state index in [4.69, 9.17) is 5.26 Å². The molecule has 150 valence electrons. The third kappa shape index (κ3) is 3.11. The van der Waals surface area contributed by atoms with E-state index in [1.807, 2.05) is 17.0 Å². The first-order valence-corrected chi connectivity index (χ1v) is 9.88. The molecule has 6 nitrogen and oxygen atoms in total. The first-order chi connectivity index (χ1) is 14.5. The molecule has 0 spiro atoms. The van der Waals surface area contributed by atoms with Crippen LogP contribution < -0.4 is 5.32 Å². The Balaban J connectivity index is 1.31. The lowest BCUT2D eigenvalue weighted by atomic mass is 9.99. The van der Waals surface area contributed by atoms with Gasteiger partial charge in [-0.25, -0.2) is 9.18 Å². The Kier molecular flexibility index (Phi) is 4.28. The van der Waals surface area contributed by atoms with Crippen LogP contribution in [-0.4, -0.2) is 40.9 Å². The van der Waals surface area contributed by atoms with Crippen molar-refractivity contribution in [2.75, 3.05) is 18.4 Å². The average molecular weight is 402 g/mol. The fraction of sp³-hybridized carbons (Fsp3) is 0.261. The van der Waals surface area contributed by atoms with Crippen LogP contribution in [0.2, 0.25) is 0 Å². The molecule has 30 heavy (non-hydrogen) atoms. The lowest BCUT2D eigenvalue weighted by molar-refractivity contribution is -0.132. The number of amides is 3. The second-order valence-corrected chi connectivity index (χ2v) is 7.96. The Hall–Kier alpha value is -3.66. The summed E-state index contributed by atoms with van der Waals surface area (Å²) in [6, 6.07) is 13.4. The molecule has 2 atom stereocenters. The first-order valence-electron chi connectivity index (χ1n) is 9.88. The number of nitrogens with zero attached hydrogens (tertiary/aromatic N) is 3. The van der Waals surface area contributed by atoms with E-state index in [9.17, 15) is 14.0 Å². The minimum absolute atomic E-state index is 0.0204. The van der Waals surface area contributed by atoms with Crippen LogP contribution in [0.15, 0.2) is 48.5 Å². The van der Waals surface area contributed by atoms with Crippen LogP contribution in [-0.2, 0) is 11.3 Å². The molecule has 1 fully saturated rings. The van der Waals surface area contributed by atoms with E-state index in [0.29, 0.717) is 29.3 Å². The highest BCUT2D eigenvalue weighted by atomic mass is 19.1. The molecule has 7 heteroatoms. The number of hydrogen-bond donors (Lipinski definition) is 1. The number of anilines is 1. The van der Waals surface area contributed by atoms with Crippen LogP contribution in [0.25, 0.3) is 5.57 Å². The summed E-state index contributed by atoms with van der Waals surface area (Å²) in [5.74, 6) is -0.184. The number of likely N-dealkylation sites (tertiary alicyclic amines) is 1. The van der Waals surface area contributed by atoms with Gasteiger partial charge in [0.25, 0.3) is 0 Å². The summed E-state index contributed by atoms with van der Waals surface area (Å²) in [6.07, 6.45) is 3.09. The number of carbonyl (C=O) groups is 2. The van der Waals surface area contributed by atoms with Gasteiger partial charge >= 0.3 is 6.03 Å². The molecule has 3 aliphatic rings. The van der Waals surface area contributed by atoms with Crippen LogP contribution in [0.3, 0.4) is 0 Å². The van der Waals surface area contributed by atoms with Gasteiger partial charge in [-0.05, 0) is 59.4 Å². The summed E-state index contributed by atoms with van der Waals surface area (Å²) < 4.78 is 13.6. The largest absolute Gasteiger partial charge is 0.333 e. The Labute approximate surface area is 173 Å². The first kappa shape index (κ1) is 18.4. The zero-order valence-corrected chi connectivity index (χ0v) is 16.1. The van der Waals surface area contributed by atoms with E-state index in [-0.39, 0.29) is 36.9 Å². The zero-order chi connectivity index (χ0) is 20.8. The summed E-state index contributed by atoms with van der Waals surface area (Å²) in [7, 11) is 0. The molecule has 2 aliphatic heterocycles. The molecule has 1 aliphatic carbocycles. The fourth-order valence-electron chi connectivity index (χ4n) is 4.62. The summed E-state index contributed by atoms with van der Waals surface area (Å²) in [5.41, 5.74) is 3.95. The van der Waals surface area contributed by atoms with Gasteiger partial charge in [-0.1, -0.05) is 18.2 Å². The number of halogens is 1. The van der Waals surface area contributed by atoms with Crippen LogP contribution in [0.1, 0.15) is 23.1 Å². The molecule has 1 saturated heterocycles. The highest BCUT2D eigenvalue weighted by molar-refractivity contribution is 5.95. The number of nitrogens with one attached hydrogen (secondary N) is 1. The van der Waals surface area contributed by atoms with Crippen molar-refractivity contribution < 1.29 is 14.0 Å². The van der Waals surface area contributed by atoms with Crippen molar-refractivity contribution in [1.82, 2.24) is 9.80 Å². The molecular weight excluding hydrogens is 383 g/mol. The third-order valence-electron chi connectivity index (χ3n) is 6.06. The van der Waals surface area contributed by atoms with Gasteiger partial charge in [0.1, 0.15) is 12.4 Å². The van der Waals surface area contributed by atoms with Crippen LogP contribution in [0.4, 0.5) is 14.9 Å². The van der Waals surface area contributed by atoms with E-state index in [2.05, 4.69) is 17.5 Å². The molecule has 2 bridgehead atoms. The summed E-state index contributed by atoms with van der Waals surface area (Å²) >= 11 is 0. The smallest absolute Gasteiger partial charge is 0.322 e. The molecule has 0 radical (unpaired) electrons. The second-order valence-electron chi connectivity index (χ2n) is 7.96. The monoisotopic (exact) mass is 402 g/mol. The van der Waals surface area contributed by atoms with Gasteiger partial charge in [-0.2, -0.15) is 5.26 Å². The zero-order valence-electron chi connectivity index (χ0n) is 16.1. The second kappa shape index (κ2) is 6.99. The summed E-state index contributed by atoms with van der Waals surface area (Å²) in [4.78, 5) is 28.7. The lowest BCUT2D eigenvalue weighted by Gasteiger charge is -2.33. The Morgan fingerprint density at radius 2 is 2.03 bits per heavy atom. The SMILES string of the molecule is N#Cc1ccc(C2=C[C@H]3C[C@@H]2N(C(=O)CN2Cc4cc(F)ccc4NC2=O)C3)cc1. The molecule has 0 unspecified atom stereocenters. The van der Waals surface area contributed by atoms with E-state index in [1.165, 1.54) is 23.1 Å². The van der Waals surface area contributed by atoms with Gasteiger partial charge in [0.05, 0.1) is 24.2 Å². The van der Waals surface area contributed by atoms with Crippen molar-refractivity contribution in [3.05, 3.63) is 71.0 Å². The van der Waals surface area contributed by atoms with Gasteiger partial charge in [0.2, 0.25) is 5.91 Å². The van der Waals surface area contributed by atoms with Gasteiger partial charge < -0.3 is 15.1 Å². The van der Waals surface area contributed by atoms with Gasteiger partial charge in [0, 0.05) is 12.2 Å². The Morgan fingerprint density at radius 1 is 1.23 bits per heavy atom. The Morgan fingerprint density at radius 3 is 2.77 bits per heavy atom. The molecule has 2 aromatic rings. The van der Waals surface area contributed by atoms with Crippen molar-refractivity contribution in [1.29, 1.82) is 5.26 Å². The van der Waals surface area contributed by atoms with Crippen LogP contribution >= 0.6 is 0 Å². The van der Waals surface area contributed by atoms with Gasteiger partial charge in [-0.15, -0.1) is 0 Å². The molecule has 3 amide bonds. The molecule has 5 rings (SSSR count). The van der Waals surface area contributed by atoms with E-state index in [0.717, 1.165) is 17.6 Å². The molecule has 2 aromatic carbocycles. The van der Waals surface area contributed by atoms with Crippen molar-refractivity contribution in [2.45, 2.75) is 19.0 Å². The fourth-order valence-corrected chi connectivity index (χ4v) is 4.62. The van der Waals surface area contributed by atoms with Crippen LogP contribution in [0, 0.1) is 23.1 Å². The average Bonchev–Trinajstić information content (AvgIpc) is 3.36. The summed E-state index contributed by atoms with van der Waals surface area (Å²) in [6.45, 7) is 0.792. The predicted molar refractivity (Wildman–Crippen MR) is 109 cm³/mol. The molecule has 0 aromatic heterocycles. The minimum atomic E-state index is -0.370. The number of hydrogen-bond acceptors (Lipinski definition) is 3. The number of benzene rings is 2. The van der Waals surface area contributed by atoms with Gasteiger partial charge in [0.15, 0.2) is 0 Å². The molecule has 2 heterocycles. The highest BCUT2D eigenvalue weighted by Gasteiger charge is 2.42. The topological polar surface area (TPSA) is 76.4 Å². The Bertz CT molecular complexity index is 1120. The quantitative estimate of drug-likeness (QED) is 0.855. The predicted octanol–water partition coefficient (Wildman–Crippen LogP) is 3.36. The maximum absolute atomic E-state index is 13.6. The number of rotatable bonds is 3. The number of carbonyl (C=O) groups excluding carboxylic acids is 2. The standard InChI is InChI=1S/C23H19FN4O2/c24-18-5-6-20-17(9-18)12-27(23(30)26-20)13-22(29)28-11-15-7-19(21(28)8-15)16-3-1-14(10-25)2-4-16/h1-7,9,15,21H,8,11-13H2,(H,26,30)/t15-,21-/m0/s1. The highest BCUT2D eigenvalue weighted by Crippen LogP contribution is 2.42. The van der Waals surface area contributed by atoms with Crippen LogP contribution in [0.5, 0.6) is 0 Å². The third-order valence-corrected chi connectivity index (χ3v) is 6.06. The maximum Gasteiger partial charge on any atom is 0.322 e. The van der Waals surface area contributed by atoms with E-state index in [1.54, 1.807) is 12.1 Å².